The Bertz CT molecular complexity index is 361. The Balaban J connectivity index is 0.00000162. The van der Waals surface area contributed by atoms with Crippen LogP contribution < -0.4 is 5.46 Å². The zero-order valence-corrected chi connectivity index (χ0v) is 11.3. The summed E-state index contributed by atoms with van der Waals surface area (Å²) in [5, 5.41) is 18.0. The lowest BCUT2D eigenvalue weighted by Crippen LogP contribution is -2.43. The molecule has 0 radical (unpaired) electrons. The molecule has 1 atom stereocenters. The third-order valence-corrected chi connectivity index (χ3v) is 3.17. The molecule has 1 saturated heterocycles. The molecule has 1 aromatic carbocycles. The van der Waals surface area contributed by atoms with Gasteiger partial charge in [0.1, 0.15) is 0 Å². The summed E-state index contributed by atoms with van der Waals surface area (Å²) in [7, 11) is -1.38. The van der Waals surface area contributed by atoms with Crippen molar-refractivity contribution in [2.45, 2.75) is 19.5 Å². The summed E-state index contributed by atoms with van der Waals surface area (Å²) in [6.45, 7) is 5.56. The van der Waals surface area contributed by atoms with Gasteiger partial charge < -0.3 is 14.8 Å². The number of morpholine rings is 1. The van der Waals surface area contributed by atoms with Gasteiger partial charge >= 0.3 is 7.12 Å². The topological polar surface area (TPSA) is 52.9 Å². The van der Waals surface area contributed by atoms with E-state index in [1.54, 1.807) is 12.1 Å². The fourth-order valence-corrected chi connectivity index (χ4v) is 2.03. The molecule has 1 aromatic rings. The maximum Gasteiger partial charge on any atom is 0.488 e. The van der Waals surface area contributed by atoms with E-state index in [1.165, 1.54) is 5.56 Å². The standard InChI is InChI=1S/C12H18BNO3.ClH/c1-10-9-17-7-6-14(10)8-11-2-4-12(5-3-11)13(15)16;/h2-5,10,15-16H,6-9H2,1H3;1H/t10-;/m0./s1. The summed E-state index contributed by atoms with van der Waals surface area (Å²) in [4.78, 5) is 2.37. The molecule has 1 aliphatic heterocycles. The van der Waals surface area contributed by atoms with Crippen LogP contribution in [0.3, 0.4) is 0 Å². The highest BCUT2D eigenvalue weighted by molar-refractivity contribution is 6.58. The molecule has 1 heterocycles. The normalized spacial score (nSPS) is 20.3. The quantitative estimate of drug-likeness (QED) is 0.761. The van der Waals surface area contributed by atoms with Crippen molar-refractivity contribution in [3.05, 3.63) is 29.8 Å². The second kappa shape index (κ2) is 7.11. The Morgan fingerprint density at radius 3 is 2.56 bits per heavy atom. The Kier molecular flexibility index (Phi) is 6.12. The van der Waals surface area contributed by atoms with Gasteiger partial charge in [-0.1, -0.05) is 24.3 Å². The number of ether oxygens (including phenoxy) is 1. The first kappa shape index (κ1) is 15.5. The van der Waals surface area contributed by atoms with Gasteiger partial charge in [-0.2, -0.15) is 0 Å². The number of hydrogen-bond acceptors (Lipinski definition) is 4. The molecule has 0 amide bonds. The minimum atomic E-state index is -1.38. The molecule has 1 fully saturated rings. The number of benzene rings is 1. The van der Waals surface area contributed by atoms with Gasteiger partial charge in [0, 0.05) is 19.1 Å². The molecule has 0 saturated carbocycles. The van der Waals surface area contributed by atoms with Crippen LogP contribution in [0.25, 0.3) is 0 Å². The number of halogens is 1. The fraction of sp³-hybridized carbons (Fsp3) is 0.500. The SMILES string of the molecule is C[C@H]1COCCN1Cc1ccc(B(O)O)cc1.Cl. The van der Waals surface area contributed by atoms with Gasteiger partial charge in [-0.15, -0.1) is 12.4 Å². The van der Waals surface area contributed by atoms with Gasteiger partial charge in [0.05, 0.1) is 13.2 Å². The van der Waals surface area contributed by atoms with Crippen LogP contribution >= 0.6 is 12.4 Å². The van der Waals surface area contributed by atoms with E-state index in [2.05, 4.69) is 11.8 Å². The van der Waals surface area contributed by atoms with E-state index >= 15 is 0 Å². The molecule has 0 unspecified atom stereocenters. The van der Waals surface area contributed by atoms with Crippen molar-refractivity contribution in [3.63, 3.8) is 0 Å². The second-order valence-electron chi connectivity index (χ2n) is 4.51. The van der Waals surface area contributed by atoms with Crippen LogP contribution in [-0.2, 0) is 11.3 Å². The van der Waals surface area contributed by atoms with E-state index in [0.29, 0.717) is 11.5 Å². The molecular formula is C12H19BClNO3. The van der Waals surface area contributed by atoms with Gasteiger partial charge in [-0.3, -0.25) is 4.90 Å². The van der Waals surface area contributed by atoms with Crippen LogP contribution in [0.4, 0.5) is 0 Å². The highest BCUT2D eigenvalue weighted by Gasteiger charge is 2.18. The molecule has 4 nitrogen and oxygen atoms in total. The third kappa shape index (κ3) is 3.97. The van der Waals surface area contributed by atoms with Crippen molar-refractivity contribution in [1.29, 1.82) is 0 Å². The second-order valence-corrected chi connectivity index (χ2v) is 4.51. The van der Waals surface area contributed by atoms with Crippen molar-refractivity contribution in [2.24, 2.45) is 0 Å². The van der Waals surface area contributed by atoms with Crippen LogP contribution in [0.1, 0.15) is 12.5 Å². The summed E-state index contributed by atoms with van der Waals surface area (Å²) in [6, 6.07) is 7.83. The smallest absolute Gasteiger partial charge is 0.423 e. The molecule has 2 rings (SSSR count). The Morgan fingerprint density at radius 1 is 1.33 bits per heavy atom. The molecule has 6 heteroatoms. The van der Waals surface area contributed by atoms with Crippen molar-refractivity contribution in [1.82, 2.24) is 4.90 Å². The van der Waals surface area contributed by atoms with E-state index in [1.807, 2.05) is 12.1 Å². The molecule has 0 aromatic heterocycles. The number of rotatable bonds is 3. The average molecular weight is 272 g/mol. The van der Waals surface area contributed by atoms with Crippen LogP contribution in [0.2, 0.25) is 0 Å². The summed E-state index contributed by atoms with van der Waals surface area (Å²) in [5.74, 6) is 0. The fourth-order valence-electron chi connectivity index (χ4n) is 2.03. The zero-order valence-electron chi connectivity index (χ0n) is 10.5. The molecular weight excluding hydrogens is 252 g/mol. The summed E-state index contributed by atoms with van der Waals surface area (Å²) >= 11 is 0. The maximum absolute atomic E-state index is 9.01. The zero-order chi connectivity index (χ0) is 12.3. The summed E-state index contributed by atoms with van der Waals surface area (Å²) in [5.41, 5.74) is 1.71. The highest BCUT2D eigenvalue weighted by atomic mass is 35.5. The third-order valence-electron chi connectivity index (χ3n) is 3.17. The van der Waals surface area contributed by atoms with E-state index in [0.717, 1.165) is 26.3 Å². The Labute approximate surface area is 114 Å². The molecule has 0 spiro atoms. The van der Waals surface area contributed by atoms with Gasteiger partial charge in [0.2, 0.25) is 0 Å². The monoisotopic (exact) mass is 271 g/mol. The van der Waals surface area contributed by atoms with Crippen LogP contribution in [0, 0.1) is 0 Å². The van der Waals surface area contributed by atoms with Crippen molar-refractivity contribution < 1.29 is 14.8 Å². The highest BCUT2D eigenvalue weighted by Crippen LogP contribution is 2.11. The van der Waals surface area contributed by atoms with Gasteiger partial charge in [-0.05, 0) is 17.9 Å². The van der Waals surface area contributed by atoms with Crippen molar-refractivity contribution in [3.8, 4) is 0 Å². The van der Waals surface area contributed by atoms with Gasteiger partial charge in [0.15, 0.2) is 0 Å². The van der Waals surface area contributed by atoms with E-state index in [-0.39, 0.29) is 12.4 Å². The first-order chi connectivity index (χ1) is 8.16. The van der Waals surface area contributed by atoms with E-state index < -0.39 is 7.12 Å². The lowest BCUT2D eigenvalue weighted by Gasteiger charge is -2.33. The summed E-state index contributed by atoms with van der Waals surface area (Å²) in [6.07, 6.45) is 0. The van der Waals surface area contributed by atoms with E-state index in [4.69, 9.17) is 14.8 Å². The van der Waals surface area contributed by atoms with E-state index in [9.17, 15) is 0 Å². The average Bonchev–Trinajstić information content (AvgIpc) is 2.33. The molecule has 0 bridgehead atoms. The minimum Gasteiger partial charge on any atom is -0.423 e. The number of hydrogen-bond donors (Lipinski definition) is 2. The van der Waals surface area contributed by atoms with Gasteiger partial charge in [0.25, 0.3) is 0 Å². The predicted octanol–water partition coefficient (Wildman–Crippen LogP) is 0.00890. The molecule has 1 aliphatic rings. The molecule has 100 valence electrons. The molecule has 2 N–H and O–H groups in total. The van der Waals surface area contributed by atoms with Crippen LogP contribution in [-0.4, -0.2) is 47.9 Å². The lowest BCUT2D eigenvalue weighted by atomic mass is 9.80. The van der Waals surface area contributed by atoms with Gasteiger partial charge in [-0.25, -0.2) is 0 Å². The van der Waals surface area contributed by atoms with Crippen molar-refractivity contribution >= 4 is 25.0 Å². The van der Waals surface area contributed by atoms with Crippen LogP contribution in [0.5, 0.6) is 0 Å². The first-order valence-corrected chi connectivity index (χ1v) is 5.93. The lowest BCUT2D eigenvalue weighted by molar-refractivity contribution is -0.00436. The van der Waals surface area contributed by atoms with Crippen LogP contribution in [0.15, 0.2) is 24.3 Å². The largest absolute Gasteiger partial charge is 0.488 e. The Hall–Kier alpha value is -0.585. The number of nitrogens with zero attached hydrogens (tertiary/aromatic N) is 1. The Morgan fingerprint density at radius 2 is 2.00 bits per heavy atom. The first-order valence-electron chi connectivity index (χ1n) is 5.93. The van der Waals surface area contributed by atoms with Crippen molar-refractivity contribution in [2.75, 3.05) is 19.8 Å². The maximum atomic E-state index is 9.01. The predicted molar refractivity (Wildman–Crippen MR) is 74.2 cm³/mol. The summed E-state index contributed by atoms with van der Waals surface area (Å²) < 4.78 is 5.39. The minimum absolute atomic E-state index is 0. The molecule has 0 aliphatic carbocycles. The molecule has 18 heavy (non-hydrogen) atoms.